The molecule has 1 aliphatic heterocycles. The number of hydrogen-bond donors (Lipinski definition) is 1. The van der Waals surface area contributed by atoms with Crippen LogP contribution < -0.4 is 0 Å². The van der Waals surface area contributed by atoms with Crippen molar-refractivity contribution in [1.82, 2.24) is 4.90 Å². The van der Waals surface area contributed by atoms with E-state index in [-0.39, 0.29) is 12.4 Å². The van der Waals surface area contributed by atoms with Crippen LogP contribution >= 0.6 is 24.2 Å². The lowest BCUT2D eigenvalue weighted by Gasteiger charge is -2.27. The summed E-state index contributed by atoms with van der Waals surface area (Å²) >= 11 is 1.74. The van der Waals surface area contributed by atoms with Gasteiger partial charge in [-0.3, -0.25) is 4.90 Å². The van der Waals surface area contributed by atoms with Crippen molar-refractivity contribution < 1.29 is 9.84 Å². The molecule has 1 saturated heterocycles. The van der Waals surface area contributed by atoms with Crippen molar-refractivity contribution in [2.24, 2.45) is 0 Å². The normalized spacial score (nSPS) is 16.4. The topological polar surface area (TPSA) is 32.7 Å². The second-order valence-corrected chi connectivity index (χ2v) is 6.89. The summed E-state index contributed by atoms with van der Waals surface area (Å²) in [4.78, 5) is 4.78. The van der Waals surface area contributed by atoms with Gasteiger partial charge in [0.05, 0.1) is 19.3 Å². The van der Waals surface area contributed by atoms with Crippen molar-refractivity contribution >= 4 is 24.2 Å². The largest absolute Gasteiger partial charge is 0.388 e. The zero-order valence-corrected chi connectivity index (χ0v) is 15.3. The molecule has 0 bridgehead atoms. The molecule has 0 aliphatic carbocycles. The predicted octanol–water partition coefficient (Wildman–Crippen LogP) is 4.02. The van der Waals surface area contributed by atoms with Crippen LogP contribution in [-0.2, 0) is 4.74 Å². The number of hydrogen-bond acceptors (Lipinski definition) is 4. The van der Waals surface area contributed by atoms with E-state index in [4.69, 9.17) is 4.74 Å². The minimum absolute atomic E-state index is 0. The highest BCUT2D eigenvalue weighted by Gasteiger charge is 2.13. The summed E-state index contributed by atoms with van der Waals surface area (Å²) in [5, 5.41) is 10.4. The fraction of sp³-hybridized carbons (Fsp3) is 0.368. The van der Waals surface area contributed by atoms with E-state index in [1.165, 1.54) is 9.79 Å². The molecule has 5 heteroatoms. The maximum absolute atomic E-state index is 10.4. The van der Waals surface area contributed by atoms with Crippen LogP contribution in [0.5, 0.6) is 0 Å². The van der Waals surface area contributed by atoms with Gasteiger partial charge in [-0.2, -0.15) is 0 Å². The Bertz CT molecular complexity index is 588. The lowest BCUT2D eigenvalue weighted by atomic mass is 10.1. The Kier molecular flexibility index (Phi) is 8.09. The smallest absolute Gasteiger partial charge is 0.0802 e. The van der Waals surface area contributed by atoms with Gasteiger partial charge in [-0.15, -0.1) is 12.4 Å². The number of benzene rings is 2. The summed E-state index contributed by atoms with van der Waals surface area (Å²) in [6.45, 7) is 4.48. The molecule has 24 heavy (non-hydrogen) atoms. The van der Waals surface area contributed by atoms with Gasteiger partial charge in [0.1, 0.15) is 0 Å². The number of aliphatic hydroxyl groups excluding tert-OH is 1. The Morgan fingerprint density at radius 3 is 2.25 bits per heavy atom. The molecule has 1 fully saturated rings. The Hall–Kier alpha value is -1.04. The molecule has 1 heterocycles. The summed E-state index contributed by atoms with van der Waals surface area (Å²) in [7, 11) is 0. The Morgan fingerprint density at radius 1 is 0.958 bits per heavy atom. The first-order valence-corrected chi connectivity index (χ1v) is 8.94. The van der Waals surface area contributed by atoms with Crippen LogP contribution in [-0.4, -0.2) is 42.9 Å². The van der Waals surface area contributed by atoms with Gasteiger partial charge in [0.15, 0.2) is 0 Å². The van der Waals surface area contributed by atoms with E-state index in [1.807, 2.05) is 30.3 Å². The Balaban J connectivity index is 0.00000208. The minimum atomic E-state index is -0.395. The number of halogens is 1. The summed E-state index contributed by atoms with van der Waals surface area (Å²) in [5.74, 6) is 0. The summed E-state index contributed by atoms with van der Waals surface area (Å²) in [6.07, 6.45) is 0.374. The zero-order valence-electron chi connectivity index (χ0n) is 13.6. The second-order valence-electron chi connectivity index (χ2n) is 5.74. The van der Waals surface area contributed by atoms with Crippen molar-refractivity contribution in [3.8, 4) is 0 Å². The molecule has 3 nitrogen and oxygen atoms in total. The van der Waals surface area contributed by atoms with E-state index in [1.54, 1.807) is 11.8 Å². The van der Waals surface area contributed by atoms with E-state index in [0.717, 1.165) is 44.8 Å². The van der Waals surface area contributed by atoms with Gasteiger partial charge in [0.2, 0.25) is 0 Å². The SMILES string of the molecule is Cl.OC(CCN1CCOCC1)c1ccc(Sc2ccccc2)cc1. The number of rotatable bonds is 6. The maximum Gasteiger partial charge on any atom is 0.0802 e. The molecular formula is C19H24ClNO2S. The molecule has 1 aliphatic rings. The van der Waals surface area contributed by atoms with Crippen LogP contribution in [0.1, 0.15) is 18.1 Å². The average Bonchev–Trinajstić information content (AvgIpc) is 2.62. The number of aliphatic hydroxyl groups is 1. The van der Waals surface area contributed by atoms with Crippen LogP contribution in [0.2, 0.25) is 0 Å². The molecule has 3 rings (SSSR count). The third-order valence-corrected chi connectivity index (χ3v) is 5.08. The molecule has 0 spiro atoms. The zero-order chi connectivity index (χ0) is 15.9. The van der Waals surface area contributed by atoms with Crippen molar-refractivity contribution in [2.75, 3.05) is 32.8 Å². The number of ether oxygens (including phenoxy) is 1. The van der Waals surface area contributed by atoms with Gasteiger partial charge in [-0.05, 0) is 36.2 Å². The molecule has 1 N–H and O–H groups in total. The molecule has 1 unspecified atom stereocenters. The Labute approximate surface area is 154 Å². The van der Waals surface area contributed by atoms with E-state index in [2.05, 4.69) is 29.2 Å². The van der Waals surface area contributed by atoms with Crippen molar-refractivity contribution in [3.63, 3.8) is 0 Å². The Morgan fingerprint density at radius 2 is 1.58 bits per heavy atom. The van der Waals surface area contributed by atoms with E-state index < -0.39 is 6.10 Å². The van der Waals surface area contributed by atoms with Crippen LogP contribution in [0.25, 0.3) is 0 Å². The quantitative estimate of drug-likeness (QED) is 0.838. The molecule has 0 saturated carbocycles. The van der Waals surface area contributed by atoms with Crippen molar-refractivity contribution in [3.05, 3.63) is 60.2 Å². The molecule has 2 aromatic rings. The first kappa shape index (κ1) is 19.3. The van der Waals surface area contributed by atoms with Gasteiger partial charge in [-0.25, -0.2) is 0 Å². The van der Waals surface area contributed by atoms with E-state index >= 15 is 0 Å². The molecule has 1 atom stereocenters. The molecule has 0 amide bonds. The summed E-state index contributed by atoms with van der Waals surface area (Å²) in [6, 6.07) is 18.6. The standard InChI is InChI=1S/C19H23NO2S.ClH/c21-19(10-11-20-12-14-22-15-13-20)16-6-8-18(9-7-16)23-17-4-2-1-3-5-17;/h1-9,19,21H,10-15H2;1H. The van der Waals surface area contributed by atoms with Gasteiger partial charge in [0, 0.05) is 29.4 Å². The summed E-state index contributed by atoms with van der Waals surface area (Å²) < 4.78 is 5.35. The lowest BCUT2D eigenvalue weighted by Crippen LogP contribution is -2.37. The molecule has 0 radical (unpaired) electrons. The number of nitrogens with zero attached hydrogens (tertiary/aromatic N) is 1. The van der Waals surface area contributed by atoms with Crippen LogP contribution in [0.4, 0.5) is 0 Å². The highest BCUT2D eigenvalue weighted by Crippen LogP contribution is 2.28. The van der Waals surface area contributed by atoms with Gasteiger partial charge < -0.3 is 9.84 Å². The first-order chi connectivity index (χ1) is 11.3. The highest BCUT2D eigenvalue weighted by molar-refractivity contribution is 7.99. The molecule has 130 valence electrons. The fourth-order valence-electron chi connectivity index (χ4n) is 2.68. The average molecular weight is 366 g/mol. The minimum Gasteiger partial charge on any atom is -0.388 e. The van der Waals surface area contributed by atoms with Crippen molar-refractivity contribution in [2.45, 2.75) is 22.3 Å². The van der Waals surface area contributed by atoms with Crippen molar-refractivity contribution in [1.29, 1.82) is 0 Å². The maximum atomic E-state index is 10.4. The van der Waals surface area contributed by atoms with Gasteiger partial charge in [-0.1, -0.05) is 42.1 Å². The van der Waals surface area contributed by atoms with Crippen LogP contribution in [0.15, 0.2) is 64.4 Å². The monoisotopic (exact) mass is 365 g/mol. The highest BCUT2D eigenvalue weighted by atomic mass is 35.5. The van der Waals surface area contributed by atoms with Crippen LogP contribution in [0.3, 0.4) is 0 Å². The second kappa shape index (κ2) is 10.1. The van der Waals surface area contributed by atoms with E-state index in [0.29, 0.717) is 0 Å². The predicted molar refractivity (Wildman–Crippen MR) is 101 cm³/mol. The third-order valence-electron chi connectivity index (χ3n) is 4.07. The van der Waals surface area contributed by atoms with Crippen LogP contribution in [0, 0.1) is 0 Å². The molecular weight excluding hydrogens is 342 g/mol. The molecule has 0 aromatic heterocycles. The first-order valence-electron chi connectivity index (χ1n) is 8.12. The molecule has 2 aromatic carbocycles. The number of morpholine rings is 1. The fourth-order valence-corrected chi connectivity index (χ4v) is 3.52. The van der Waals surface area contributed by atoms with E-state index in [9.17, 15) is 5.11 Å². The van der Waals surface area contributed by atoms with Gasteiger partial charge >= 0.3 is 0 Å². The third kappa shape index (κ3) is 5.80. The van der Waals surface area contributed by atoms with Gasteiger partial charge in [0.25, 0.3) is 0 Å². The lowest BCUT2D eigenvalue weighted by molar-refractivity contribution is 0.0300. The summed E-state index contributed by atoms with van der Waals surface area (Å²) in [5.41, 5.74) is 0.996.